The van der Waals surface area contributed by atoms with Crippen LogP contribution in [0, 0.1) is 5.82 Å². The predicted octanol–water partition coefficient (Wildman–Crippen LogP) is 5.64. The Morgan fingerprint density at radius 2 is 2.03 bits per heavy atom. The number of benzene rings is 2. The molecular weight excluding hydrogens is 443 g/mol. The minimum absolute atomic E-state index is 0.0401. The second kappa shape index (κ2) is 8.67. The first-order valence-electron chi connectivity index (χ1n) is 10.5. The lowest BCUT2D eigenvalue weighted by atomic mass is 10.1. The molecule has 5 rings (SSSR count). The monoisotopic (exact) mass is 462 g/mol. The van der Waals surface area contributed by atoms with Crippen LogP contribution in [0.1, 0.15) is 12.5 Å². The smallest absolute Gasteiger partial charge is 0.246 e. The Bertz CT molecular complexity index is 1350. The van der Waals surface area contributed by atoms with Gasteiger partial charge in [-0.05, 0) is 55.0 Å². The van der Waals surface area contributed by atoms with Gasteiger partial charge in [0.05, 0.1) is 17.3 Å². The maximum atomic E-state index is 13.7. The summed E-state index contributed by atoms with van der Waals surface area (Å²) in [5.74, 6) is 0.176. The molecule has 0 N–H and O–H groups in total. The van der Waals surface area contributed by atoms with Gasteiger partial charge >= 0.3 is 0 Å². The Hall–Kier alpha value is -3.71. The molecule has 6 nitrogen and oxygen atoms in total. The third-order valence-electron chi connectivity index (χ3n) is 5.77. The number of rotatable bonds is 5. The molecule has 0 saturated carbocycles. The zero-order chi connectivity index (χ0) is 22.9. The van der Waals surface area contributed by atoms with E-state index in [1.807, 2.05) is 22.9 Å². The number of nitrogens with zero attached hydrogens (tertiary/aromatic N) is 4. The first-order valence-corrected chi connectivity index (χ1v) is 10.9. The molecule has 33 heavy (non-hydrogen) atoms. The van der Waals surface area contributed by atoms with Gasteiger partial charge in [0.2, 0.25) is 5.91 Å². The van der Waals surface area contributed by atoms with Crippen LogP contribution in [0.25, 0.3) is 22.2 Å². The topological polar surface area (TPSA) is 60.2 Å². The van der Waals surface area contributed by atoms with E-state index in [1.165, 1.54) is 12.1 Å². The summed E-state index contributed by atoms with van der Waals surface area (Å²) >= 11 is 6.01. The predicted molar refractivity (Wildman–Crippen MR) is 125 cm³/mol. The van der Waals surface area contributed by atoms with Crippen LogP contribution in [0.2, 0.25) is 5.02 Å². The average Bonchev–Trinajstić information content (AvgIpc) is 3.47. The van der Waals surface area contributed by atoms with Gasteiger partial charge in [0.15, 0.2) is 0 Å². The van der Waals surface area contributed by atoms with Gasteiger partial charge in [0.25, 0.3) is 0 Å². The van der Waals surface area contributed by atoms with Crippen LogP contribution in [0.3, 0.4) is 0 Å². The summed E-state index contributed by atoms with van der Waals surface area (Å²) in [6.07, 6.45) is 5.65. The molecule has 1 saturated heterocycles. The molecule has 2 aromatic carbocycles. The van der Waals surface area contributed by atoms with Gasteiger partial charge < -0.3 is 9.64 Å². The standard InChI is InChI=1S/C25H20ClFN4O2/c1-2-23(32)30-13-11-17(15-30)31-25(19-14-28-12-10-21(19)29-31)16-6-8-18(9-7-16)33-22-5-3-4-20(27)24(22)26/h2-10,12,14,17H,1,11,13,15H2. The van der Waals surface area contributed by atoms with E-state index in [4.69, 9.17) is 21.4 Å². The quantitative estimate of drug-likeness (QED) is 0.360. The van der Waals surface area contributed by atoms with E-state index in [9.17, 15) is 9.18 Å². The van der Waals surface area contributed by atoms with Crippen LogP contribution in [0.4, 0.5) is 4.39 Å². The lowest BCUT2D eigenvalue weighted by Crippen LogP contribution is -2.27. The van der Waals surface area contributed by atoms with E-state index in [0.29, 0.717) is 18.8 Å². The number of likely N-dealkylation sites (tertiary alicyclic amines) is 1. The van der Waals surface area contributed by atoms with Crippen LogP contribution in [-0.2, 0) is 4.79 Å². The van der Waals surface area contributed by atoms with Crippen molar-refractivity contribution in [2.24, 2.45) is 0 Å². The van der Waals surface area contributed by atoms with E-state index >= 15 is 0 Å². The van der Waals surface area contributed by atoms with Gasteiger partial charge in [-0.2, -0.15) is 5.10 Å². The van der Waals surface area contributed by atoms with Crippen molar-refractivity contribution in [2.75, 3.05) is 13.1 Å². The Morgan fingerprint density at radius 1 is 1.21 bits per heavy atom. The summed E-state index contributed by atoms with van der Waals surface area (Å²) in [6.45, 7) is 4.81. The average molecular weight is 463 g/mol. The normalized spacial score (nSPS) is 15.7. The molecule has 0 bridgehead atoms. The fraction of sp³-hybridized carbons (Fsp3) is 0.160. The summed E-state index contributed by atoms with van der Waals surface area (Å²) in [4.78, 5) is 18.1. The van der Waals surface area contributed by atoms with Crippen molar-refractivity contribution >= 4 is 28.4 Å². The number of pyridine rings is 1. The van der Waals surface area contributed by atoms with E-state index in [-0.39, 0.29) is 22.7 Å². The van der Waals surface area contributed by atoms with Crippen LogP contribution in [0.15, 0.2) is 73.6 Å². The Kier molecular flexibility index (Phi) is 5.56. The molecule has 1 fully saturated rings. The fourth-order valence-electron chi connectivity index (χ4n) is 4.14. The molecule has 0 spiro atoms. The van der Waals surface area contributed by atoms with E-state index in [0.717, 1.165) is 28.6 Å². The molecule has 166 valence electrons. The number of aromatic nitrogens is 3. The molecule has 1 amide bonds. The van der Waals surface area contributed by atoms with Crippen molar-refractivity contribution in [1.82, 2.24) is 19.7 Å². The second-order valence-electron chi connectivity index (χ2n) is 7.80. The number of hydrogen-bond donors (Lipinski definition) is 0. The number of carbonyl (C=O) groups is 1. The number of halogens is 2. The van der Waals surface area contributed by atoms with Crippen molar-refractivity contribution in [3.05, 3.63) is 84.4 Å². The zero-order valence-corrected chi connectivity index (χ0v) is 18.4. The highest BCUT2D eigenvalue weighted by molar-refractivity contribution is 6.32. The number of fused-ring (bicyclic) bond motifs is 1. The Balaban J connectivity index is 1.49. The molecule has 1 unspecified atom stereocenters. The number of amides is 1. The van der Waals surface area contributed by atoms with Gasteiger partial charge in [0, 0.05) is 36.4 Å². The van der Waals surface area contributed by atoms with Crippen molar-refractivity contribution in [3.63, 3.8) is 0 Å². The molecule has 1 aliphatic rings. The summed E-state index contributed by atoms with van der Waals surface area (Å²) in [7, 11) is 0. The van der Waals surface area contributed by atoms with Crippen molar-refractivity contribution in [2.45, 2.75) is 12.5 Å². The van der Waals surface area contributed by atoms with Crippen LogP contribution >= 0.6 is 11.6 Å². The lowest BCUT2D eigenvalue weighted by molar-refractivity contribution is -0.125. The largest absolute Gasteiger partial charge is 0.456 e. The third-order valence-corrected chi connectivity index (χ3v) is 6.13. The summed E-state index contributed by atoms with van der Waals surface area (Å²) < 4.78 is 21.5. The van der Waals surface area contributed by atoms with Crippen molar-refractivity contribution < 1.29 is 13.9 Å². The van der Waals surface area contributed by atoms with Crippen LogP contribution in [-0.4, -0.2) is 38.7 Å². The second-order valence-corrected chi connectivity index (χ2v) is 8.17. The molecule has 0 aliphatic carbocycles. The molecular formula is C25H20ClFN4O2. The number of ether oxygens (including phenoxy) is 1. The van der Waals surface area contributed by atoms with Crippen LogP contribution in [0.5, 0.6) is 11.5 Å². The zero-order valence-electron chi connectivity index (χ0n) is 17.6. The molecule has 1 atom stereocenters. The summed E-state index contributed by atoms with van der Waals surface area (Å²) in [6, 6.07) is 13.8. The molecule has 8 heteroatoms. The highest BCUT2D eigenvalue weighted by Gasteiger charge is 2.29. The summed E-state index contributed by atoms with van der Waals surface area (Å²) in [5, 5.41) is 5.69. The molecule has 4 aromatic rings. The van der Waals surface area contributed by atoms with Gasteiger partial charge in [-0.1, -0.05) is 24.2 Å². The number of carbonyl (C=O) groups excluding carboxylic acids is 1. The first-order chi connectivity index (χ1) is 16.0. The van der Waals surface area contributed by atoms with Gasteiger partial charge in [-0.15, -0.1) is 0 Å². The van der Waals surface area contributed by atoms with Gasteiger partial charge in [-0.3, -0.25) is 14.5 Å². The third kappa shape index (κ3) is 3.96. The molecule has 1 aliphatic heterocycles. The van der Waals surface area contributed by atoms with Crippen LogP contribution < -0.4 is 4.74 Å². The minimum atomic E-state index is -0.533. The highest BCUT2D eigenvalue weighted by atomic mass is 35.5. The SMILES string of the molecule is C=CC(=O)N1CCC(n2nc3ccncc3c2-c2ccc(Oc3cccc(F)c3Cl)cc2)C1. The minimum Gasteiger partial charge on any atom is -0.456 e. The van der Waals surface area contributed by atoms with E-state index in [2.05, 4.69) is 11.6 Å². The first kappa shape index (κ1) is 21.2. The molecule has 3 heterocycles. The lowest BCUT2D eigenvalue weighted by Gasteiger charge is -2.17. The Labute approximate surface area is 194 Å². The van der Waals surface area contributed by atoms with Gasteiger partial charge in [-0.25, -0.2) is 4.39 Å². The van der Waals surface area contributed by atoms with E-state index < -0.39 is 5.82 Å². The Morgan fingerprint density at radius 3 is 2.82 bits per heavy atom. The summed E-state index contributed by atoms with van der Waals surface area (Å²) in [5.41, 5.74) is 2.68. The molecule has 0 radical (unpaired) electrons. The number of hydrogen-bond acceptors (Lipinski definition) is 4. The van der Waals surface area contributed by atoms with Gasteiger partial charge in [0.1, 0.15) is 22.3 Å². The highest BCUT2D eigenvalue weighted by Crippen LogP contribution is 2.36. The maximum absolute atomic E-state index is 13.7. The van der Waals surface area contributed by atoms with Crippen molar-refractivity contribution in [3.8, 4) is 22.8 Å². The molecule has 2 aromatic heterocycles. The van der Waals surface area contributed by atoms with Crippen molar-refractivity contribution in [1.29, 1.82) is 0 Å². The van der Waals surface area contributed by atoms with E-state index in [1.54, 1.807) is 41.6 Å². The fourth-order valence-corrected chi connectivity index (χ4v) is 4.30. The maximum Gasteiger partial charge on any atom is 0.246 e.